The van der Waals surface area contributed by atoms with Crippen molar-refractivity contribution in [2.24, 2.45) is 13.0 Å². The molecule has 1 unspecified atom stereocenters. The van der Waals surface area contributed by atoms with E-state index < -0.39 is 29.5 Å². The number of aromatic nitrogens is 4. The van der Waals surface area contributed by atoms with E-state index in [0.717, 1.165) is 92.4 Å². The van der Waals surface area contributed by atoms with Crippen LogP contribution in [0, 0.1) is 17.6 Å². The summed E-state index contributed by atoms with van der Waals surface area (Å²) in [5.74, 6) is -2.43. The number of nitrogens with one attached hydrogen (secondary N) is 2. The second-order valence-corrected chi connectivity index (χ2v) is 15.5. The van der Waals surface area contributed by atoms with Crippen LogP contribution in [0.5, 0.6) is 5.75 Å². The van der Waals surface area contributed by atoms with E-state index in [-0.39, 0.29) is 29.6 Å². The normalized spacial score (nSPS) is 20.9. The van der Waals surface area contributed by atoms with Gasteiger partial charge in [-0.1, -0.05) is 6.07 Å². The van der Waals surface area contributed by atoms with Crippen molar-refractivity contribution >= 4 is 51.0 Å². The highest BCUT2D eigenvalue weighted by Crippen LogP contribution is 2.37. The Bertz CT molecular complexity index is 2390. The lowest BCUT2D eigenvalue weighted by Crippen LogP contribution is -2.45. The zero-order valence-electron chi connectivity index (χ0n) is 31.8. The summed E-state index contributed by atoms with van der Waals surface area (Å²) < 4.78 is 37.9. The van der Waals surface area contributed by atoms with Gasteiger partial charge in [0.1, 0.15) is 11.8 Å². The number of imidazole rings is 1. The van der Waals surface area contributed by atoms with Crippen molar-refractivity contribution in [3.8, 4) is 5.75 Å². The largest absolute Gasteiger partial charge is 0.494 e. The Balaban J connectivity index is 0.867. The van der Waals surface area contributed by atoms with Crippen molar-refractivity contribution in [2.75, 3.05) is 44.0 Å². The number of amides is 3. The Morgan fingerprint density at radius 3 is 2.46 bits per heavy atom. The third kappa shape index (κ3) is 7.04. The molecule has 13 nitrogen and oxygen atoms in total. The van der Waals surface area contributed by atoms with Crippen LogP contribution in [-0.4, -0.2) is 81.4 Å². The molecule has 2 saturated heterocycles. The van der Waals surface area contributed by atoms with E-state index in [1.54, 1.807) is 28.3 Å². The maximum Gasteiger partial charge on any atom is 0.329 e. The number of benzene rings is 3. The number of para-hydroxylation sites is 1. The van der Waals surface area contributed by atoms with E-state index in [9.17, 15) is 28.0 Å². The van der Waals surface area contributed by atoms with E-state index in [0.29, 0.717) is 35.3 Å². The summed E-state index contributed by atoms with van der Waals surface area (Å²) in [7, 11) is 5.48. The van der Waals surface area contributed by atoms with Gasteiger partial charge in [-0.3, -0.25) is 33.5 Å². The molecular formula is C41H46F2N8O5. The summed E-state index contributed by atoms with van der Waals surface area (Å²) >= 11 is 0. The fraction of sp³-hybridized carbons (Fsp3) is 0.439. The summed E-state index contributed by atoms with van der Waals surface area (Å²) in [6.07, 6.45) is 8.68. The fourth-order valence-corrected chi connectivity index (χ4v) is 8.96. The zero-order valence-corrected chi connectivity index (χ0v) is 31.8. The van der Waals surface area contributed by atoms with Crippen LogP contribution in [0.3, 0.4) is 0 Å². The molecule has 3 aromatic carbocycles. The molecule has 3 fully saturated rings. The minimum atomic E-state index is -1.09. The van der Waals surface area contributed by atoms with Crippen LogP contribution < -0.4 is 26.0 Å². The van der Waals surface area contributed by atoms with E-state index in [1.807, 2.05) is 29.1 Å². The Morgan fingerprint density at radius 1 is 0.982 bits per heavy atom. The molecule has 0 bridgehead atoms. The van der Waals surface area contributed by atoms with Gasteiger partial charge in [-0.05, 0) is 94.3 Å². The van der Waals surface area contributed by atoms with E-state index in [1.165, 1.54) is 13.2 Å². The van der Waals surface area contributed by atoms with Gasteiger partial charge >= 0.3 is 5.69 Å². The smallest absolute Gasteiger partial charge is 0.329 e. The standard InChI is InChI=1S/C41H46F2N8O5/c1-47(27-15-17-49(18-16-27)33-5-4-6-34-38(33)48(2)41(55)51(34)35-13-14-37(52)45-40(35)54)22-24-7-10-28(11-8-24)50-23-26-20-32(36(56-3)21-31(26)46-50)44-39(53)25-9-12-29(42)30(43)19-25/h4-6,9,12,19-21,23-24,27-28,35H,7-8,10-11,13-18,22H2,1-3H3,(H,44,53)(H,45,52,54)/t24-,28-,35?. The fourth-order valence-electron chi connectivity index (χ4n) is 8.96. The summed E-state index contributed by atoms with van der Waals surface area (Å²) in [6.45, 7) is 2.73. The van der Waals surface area contributed by atoms with Crippen LogP contribution in [0.25, 0.3) is 21.9 Å². The number of hydrogen-bond acceptors (Lipinski definition) is 8. The van der Waals surface area contributed by atoms with Gasteiger partial charge in [0, 0.05) is 62.4 Å². The minimum absolute atomic E-state index is 0.00181. The summed E-state index contributed by atoms with van der Waals surface area (Å²) in [4.78, 5) is 55.6. The molecule has 2 N–H and O–H groups in total. The first-order valence-electron chi connectivity index (χ1n) is 19.3. The number of imide groups is 1. The predicted octanol–water partition coefficient (Wildman–Crippen LogP) is 5.54. The Kier molecular flexibility index (Phi) is 10.1. The monoisotopic (exact) mass is 768 g/mol. The number of piperidine rings is 2. The molecule has 15 heteroatoms. The average Bonchev–Trinajstić information content (AvgIpc) is 3.73. The lowest BCUT2D eigenvalue weighted by Gasteiger charge is -2.40. The second kappa shape index (κ2) is 15.2. The number of fused-ring (bicyclic) bond motifs is 2. The predicted molar refractivity (Wildman–Crippen MR) is 208 cm³/mol. The van der Waals surface area contributed by atoms with Crippen molar-refractivity contribution in [2.45, 2.75) is 69.5 Å². The molecule has 0 spiro atoms. The van der Waals surface area contributed by atoms with Crippen LogP contribution in [0.15, 0.2) is 59.5 Å². The molecule has 4 heterocycles. The number of methoxy groups -OCH3 is 1. The zero-order chi connectivity index (χ0) is 39.2. The van der Waals surface area contributed by atoms with Crippen molar-refractivity contribution in [1.82, 2.24) is 29.1 Å². The molecule has 56 heavy (non-hydrogen) atoms. The third-order valence-electron chi connectivity index (χ3n) is 12.0. The number of carbonyl (C=O) groups excluding carboxylic acids is 3. The molecule has 2 aliphatic heterocycles. The number of aryl methyl sites for hydroxylation is 1. The Hall–Kier alpha value is -5.57. The molecule has 294 valence electrons. The van der Waals surface area contributed by atoms with Crippen molar-refractivity contribution in [3.63, 3.8) is 0 Å². The Labute approximate surface area is 322 Å². The maximum absolute atomic E-state index is 13.8. The number of carbonyl (C=O) groups is 3. The van der Waals surface area contributed by atoms with E-state index in [4.69, 9.17) is 9.84 Å². The molecule has 8 rings (SSSR count). The lowest BCUT2D eigenvalue weighted by molar-refractivity contribution is -0.135. The SMILES string of the molecule is COc1cc2nn([C@H]3CC[C@H](CN(C)C4CCN(c5cccc6c5n(C)c(=O)n6C5CCC(=O)NC5=O)CC4)CC3)cc2cc1NC(=O)c1ccc(F)c(F)c1. The topological polar surface area (TPSA) is 136 Å². The van der Waals surface area contributed by atoms with Crippen LogP contribution in [-0.2, 0) is 16.6 Å². The van der Waals surface area contributed by atoms with Gasteiger partial charge in [0.2, 0.25) is 11.8 Å². The highest BCUT2D eigenvalue weighted by atomic mass is 19.2. The summed E-state index contributed by atoms with van der Waals surface area (Å²) in [6, 6.07) is 12.5. The maximum atomic E-state index is 13.8. The number of rotatable bonds is 9. The van der Waals surface area contributed by atoms with Gasteiger partial charge in [0.05, 0.1) is 41.1 Å². The van der Waals surface area contributed by atoms with Gasteiger partial charge in [-0.25, -0.2) is 13.6 Å². The molecule has 3 aliphatic rings. The quantitative estimate of drug-likeness (QED) is 0.187. The third-order valence-corrected chi connectivity index (χ3v) is 12.0. The van der Waals surface area contributed by atoms with Crippen LogP contribution in [0.2, 0.25) is 0 Å². The van der Waals surface area contributed by atoms with Gasteiger partial charge in [0.15, 0.2) is 11.6 Å². The number of ether oxygens (including phenoxy) is 1. The first-order chi connectivity index (χ1) is 27.0. The van der Waals surface area contributed by atoms with Crippen molar-refractivity contribution in [1.29, 1.82) is 0 Å². The lowest BCUT2D eigenvalue weighted by atomic mass is 9.85. The number of nitrogens with zero attached hydrogens (tertiary/aromatic N) is 6. The molecule has 0 radical (unpaired) electrons. The summed E-state index contributed by atoms with van der Waals surface area (Å²) in [5.41, 5.74) is 3.40. The first kappa shape index (κ1) is 37.4. The molecular weight excluding hydrogens is 722 g/mol. The average molecular weight is 769 g/mol. The second-order valence-electron chi connectivity index (χ2n) is 15.5. The molecule has 1 aliphatic carbocycles. The molecule has 5 aromatic rings. The molecule has 2 aromatic heterocycles. The highest BCUT2D eigenvalue weighted by Gasteiger charge is 2.33. The summed E-state index contributed by atoms with van der Waals surface area (Å²) in [5, 5.41) is 10.9. The highest BCUT2D eigenvalue weighted by molar-refractivity contribution is 6.06. The van der Waals surface area contributed by atoms with E-state index >= 15 is 0 Å². The molecule has 1 atom stereocenters. The molecule has 1 saturated carbocycles. The number of hydrogen-bond donors (Lipinski definition) is 2. The first-order valence-corrected chi connectivity index (χ1v) is 19.3. The van der Waals surface area contributed by atoms with Crippen LogP contribution in [0.1, 0.15) is 73.8 Å². The van der Waals surface area contributed by atoms with Gasteiger partial charge in [0.25, 0.3) is 5.91 Å². The number of halogens is 2. The number of anilines is 2. The van der Waals surface area contributed by atoms with Gasteiger partial charge < -0.3 is 19.9 Å². The Morgan fingerprint density at radius 2 is 1.75 bits per heavy atom. The molecule has 3 amide bonds. The van der Waals surface area contributed by atoms with Crippen molar-refractivity contribution in [3.05, 3.63) is 82.4 Å². The van der Waals surface area contributed by atoms with Gasteiger partial charge in [-0.2, -0.15) is 5.10 Å². The van der Waals surface area contributed by atoms with Crippen molar-refractivity contribution < 1.29 is 27.9 Å². The van der Waals surface area contributed by atoms with Crippen LogP contribution in [0.4, 0.5) is 20.2 Å². The van der Waals surface area contributed by atoms with Crippen LogP contribution >= 0.6 is 0 Å². The minimum Gasteiger partial charge on any atom is -0.494 e. The van der Waals surface area contributed by atoms with Gasteiger partial charge in [-0.15, -0.1) is 0 Å². The van der Waals surface area contributed by atoms with E-state index in [2.05, 4.69) is 27.5 Å².